The van der Waals surface area contributed by atoms with Gasteiger partial charge in [0.2, 0.25) is 0 Å². The van der Waals surface area contributed by atoms with E-state index in [9.17, 15) is 8.76 Å². The predicted molar refractivity (Wildman–Crippen MR) is 48.7 cm³/mol. The van der Waals surface area contributed by atoms with Gasteiger partial charge >= 0.3 is 0 Å². The van der Waals surface area contributed by atoms with Gasteiger partial charge in [-0.05, 0) is 12.8 Å². The van der Waals surface area contributed by atoms with E-state index in [2.05, 4.69) is 5.32 Å². The molecule has 0 radical (unpaired) electrons. The van der Waals surface area contributed by atoms with Gasteiger partial charge in [0.1, 0.15) is 0 Å². The lowest BCUT2D eigenvalue weighted by Gasteiger charge is -2.22. The summed E-state index contributed by atoms with van der Waals surface area (Å²) in [5.41, 5.74) is 0. The summed E-state index contributed by atoms with van der Waals surface area (Å²) in [6, 6.07) is 0.572. The highest BCUT2D eigenvalue weighted by Gasteiger charge is 2.11. The van der Waals surface area contributed by atoms with Crippen molar-refractivity contribution in [1.82, 2.24) is 5.32 Å². The van der Waals surface area contributed by atoms with Crippen molar-refractivity contribution in [2.75, 3.05) is 12.3 Å². The highest BCUT2D eigenvalue weighted by Crippen LogP contribution is 2.16. The average molecular weight is 190 g/mol. The third kappa shape index (κ3) is 4.18. The van der Waals surface area contributed by atoms with Gasteiger partial charge < -0.3 is 9.87 Å². The maximum Gasteiger partial charge on any atom is 0.0227 e. The largest absolute Gasteiger partial charge is 0.772 e. The summed E-state index contributed by atoms with van der Waals surface area (Å²) in [7, 11) is 0. The minimum Gasteiger partial charge on any atom is -0.772 e. The maximum absolute atomic E-state index is 10.2. The molecule has 0 bridgehead atoms. The van der Waals surface area contributed by atoms with E-state index in [4.69, 9.17) is 0 Å². The highest BCUT2D eigenvalue weighted by molar-refractivity contribution is 7.79. The van der Waals surface area contributed by atoms with E-state index in [0.29, 0.717) is 12.6 Å². The van der Waals surface area contributed by atoms with E-state index in [0.717, 1.165) is 0 Å². The SMILES string of the molecule is O=S([O-])CCNC1CCCCC1. The van der Waals surface area contributed by atoms with E-state index < -0.39 is 11.1 Å². The van der Waals surface area contributed by atoms with E-state index in [-0.39, 0.29) is 5.75 Å². The Morgan fingerprint density at radius 1 is 1.33 bits per heavy atom. The zero-order valence-corrected chi connectivity index (χ0v) is 8.07. The Kier molecular flexibility index (Phi) is 4.80. The molecule has 0 spiro atoms. The van der Waals surface area contributed by atoms with E-state index >= 15 is 0 Å². The highest BCUT2D eigenvalue weighted by atomic mass is 32.2. The van der Waals surface area contributed by atoms with Crippen molar-refractivity contribution in [2.24, 2.45) is 0 Å². The summed E-state index contributed by atoms with van der Waals surface area (Å²) in [6.07, 6.45) is 6.35. The smallest absolute Gasteiger partial charge is 0.0227 e. The van der Waals surface area contributed by atoms with Crippen LogP contribution < -0.4 is 5.32 Å². The second-order valence-corrected chi connectivity index (χ2v) is 4.31. The molecule has 1 saturated carbocycles. The summed E-state index contributed by atoms with van der Waals surface area (Å²) >= 11 is -1.88. The zero-order chi connectivity index (χ0) is 8.81. The van der Waals surface area contributed by atoms with Crippen LogP contribution >= 0.6 is 0 Å². The molecule has 12 heavy (non-hydrogen) atoms. The second kappa shape index (κ2) is 5.67. The van der Waals surface area contributed by atoms with Crippen molar-refractivity contribution >= 4 is 11.1 Å². The van der Waals surface area contributed by atoms with Gasteiger partial charge in [-0.1, -0.05) is 30.3 Å². The molecular formula is C8H16NO2S-. The summed E-state index contributed by atoms with van der Waals surface area (Å²) in [5, 5.41) is 3.26. The molecule has 72 valence electrons. The van der Waals surface area contributed by atoms with E-state index in [1.54, 1.807) is 0 Å². The first kappa shape index (κ1) is 10.2. The predicted octanol–water partition coefficient (Wildman–Crippen LogP) is 0.788. The molecule has 1 unspecified atom stereocenters. The van der Waals surface area contributed by atoms with Crippen LogP contribution in [0.3, 0.4) is 0 Å². The van der Waals surface area contributed by atoms with Crippen molar-refractivity contribution < 1.29 is 8.76 Å². The summed E-state index contributed by atoms with van der Waals surface area (Å²) in [6.45, 7) is 0.612. The Bertz CT molecular complexity index is 146. The number of hydrogen-bond acceptors (Lipinski definition) is 3. The molecule has 0 aliphatic heterocycles. The average Bonchev–Trinajstić information content (AvgIpc) is 2.05. The third-order valence-corrected chi connectivity index (χ3v) is 2.84. The fraction of sp³-hybridized carbons (Fsp3) is 1.00. The van der Waals surface area contributed by atoms with Crippen LogP contribution in [0.5, 0.6) is 0 Å². The van der Waals surface area contributed by atoms with Crippen molar-refractivity contribution in [3.05, 3.63) is 0 Å². The standard InChI is InChI=1S/C8H17NO2S/c10-12(11)7-6-9-8-4-2-1-3-5-8/h8-9H,1-7H2,(H,10,11)/p-1. The molecule has 4 heteroatoms. The molecule has 0 heterocycles. The van der Waals surface area contributed by atoms with Crippen LogP contribution in [0.1, 0.15) is 32.1 Å². The van der Waals surface area contributed by atoms with Gasteiger partial charge in [-0.3, -0.25) is 4.21 Å². The van der Waals surface area contributed by atoms with Crippen LogP contribution in [0.15, 0.2) is 0 Å². The van der Waals surface area contributed by atoms with Gasteiger partial charge in [-0.15, -0.1) is 0 Å². The normalized spacial score (nSPS) is 22.4. The Balaban J connectivity index is 2.01. The molecule has 1 N–H and O–H groups in total. The second-order valence-electron chi connectivity index (χ2n) is 3.30. The molecule has 1 aliphatic rings. The fourth-order valence-electron chi connectivity index (χ4n) is 1.65. The van der Waals surface area contributed by atoms with Gasteiger partial charge in [0.25, 0.3) is 0 Å². The number of nitrogens with one attached hydrogen (secondary N) is 1. The minimum absolute atomic E-state index is 0.247. The van der Waals surface area contributed by atoms with Crippen molar-refractivity contribution in [2.45, 2.75) is 38.1 Å². The van der Waals surface area contributed by atoms with Crippen molar-refractivity contribution in [3.63, 3.8) is 0 Å². The van der Waals surface area contributed by atoms with Crippen LogP contribution in [0, 0.1) is 0 Å². The first-order valence-corrected chi connectivity index (χ1v) is 5.82. The quantitative estimate of drug-likeness (QED) is 0.667. The van der Waals surface area contributed by atoms with E-state index in [1.165, 1.54) is 32.1 Å². The topological polar surface area (TPSA) is 52.2 Å². The minimum atomic E-state index is -1.88. The molecule has 1 rings (SSSR count). The molecule has 0 aromatic rings. The molecule has 1 atom stereocenters. The molecule has 0 saturated heterocycles. The monoisotopic (exact) mass is 190 g/mol. The lowest BCUT2D eigenvalue weighted by atomic mass is 9.96. The molecule has 0 aromatic heterocycles. The summed E-state index contributed by atoms with van der Waals surface area (Å²) in [4.78, 5) is 0. The molecule has 0 aromatic carbocycles. The van der Waals surface area contributed by atoms with Crippen LogP contribution in [0.2, 0.25) is 0 Å². The lowest BCUT2D eigenvalue weighted by molar-refractivity contribution is 0.379. The maximum atomic E-state index is 10.2. The first-order chi connectivity index (χ1) is 5.79. The molecule has 1 fully saturated rings. The Labute approximate surface area is 76.2 Å². The van der Waals surface area contributed by atoms with Crippen LogP contribution in [-0.2, 0) is 11.1 Å². The molecule has 3 nitrogen and oxygen atoms in total. The first-order valence-electron chi connectivity index (χ1n) is 4.58. The van der Waals surface area contributed by atoms with E-state index in [1.807, 2.05) is 0 Å². The molecule has 1 aliphatic carbocycles. The van der Waals surface area contributed by atoms with Crippen molar-refractivity contribution in [1.29, 1.82) is 0 Å². The number of rotatable bonds is 4. The zero-order valence-electron chi connectivity index (χ0n) is 7.25. The lowest BCUT2D eigenvalue weighted by Crippen LogP contribution is -2.33. The van der Waals surface area contributed by atoms with Crippen LogP contribution in [-0.4, -0.2) is 27.1 Å². The number of hydrogen-bond donors (Lipinski definition) is 1. The Hall–Kier alpha value is 0.0700. The summed E-state index contributed by atoms with van der Waals surface area (Å²) < 4.78 is 20.4. The summed E-state index contributed by atoms with van der Waals surface area (Å²) in [5.74, 6) is 0.247. The fourth-order valence-corrected chi connectivity index (χ4v) is 1.94. The van der Waals surface area contributed by atoms with Crippen LogP contribution in [0.25, 0.3) is 0 Å². The van der Waals surface area contributed by atoms with Gasteiger partial charge in [-0.25, -0.2) is 0 Å². The van der Waals surface area contributed by atoms with Gasteiger partial charge in [0.15, 0.2) is 0 Å². The Morgan fingerprint density at radius 2 is 2.00 bits per heavy atom. The third-order valence-electron chi connectivity index (χ3n) is 2.31. The van der Waals surface area contributed by atoms with Gasteiger partial charge in [0.05, 0.1) is 0 Å². The Morgan fingerprint density at radius 3 is 2.58 bits per heavy atom. The molecular weight excluding hydrogens is 174 g/mol. The van der Waals surface area contributed by atoms with Gasteiger partial charge in [-0.2, -0.15) is 0 Å². The van der Waals surface area contributed by atoms with Gasteiger partial charge in [0, 0.05) is 18.3 Å². The van der Waals surface area contributed by atoms with Crippen LogP contribution in [0.4, 0.5) is 0 Å². The van der Waals surface area contributed by atoms with Crippen molar-refractivity contribution in [3.8, 4) is 0 Å². The molecule has 0 amide bonds.